The molecular weight excluding hydrogens is 152 g/mol. The summed E-state index contributed by atoms with van der Waals surface area (Å²) in [6.45, 7) is 0. The summed E-state index contributed by atoms with van der Waals surface area (Å²) in [4.78, 5) is 17.0. The Bertz CT molecular complexity index is 168. The zero-order valence-electron chi connectivity index (χ0n) is 4.58. The summed E-state index contributed by atoms with van der Waals surface area (Å²) in [5.41, 5.74) is 0. The van der Waals surface area contributed by atoms with E-state index in [-0.39, 0.29) is 0 Å². The van der Waals surface area contributed by atoms with Gasteiger partial charge in [-0.05, 0) is 0 Å². The predicted molar refractivity (Wildman–Crippen MR) is 24.2 cm³/mol. The van der Waals surface area contributed by atoms with E-state index in [4.69, 9.17) is 5.11 Å². The van der Waals surface area contributed by atoms with Crippen LogP contribution in [0, 0.1) is 10.1 Å². The molecule has 0 bridgehead atoms. The lowest BCUT2D eigenvalue weighted by atomic mass is 10.4. The molecule has 0 fully saturated rings. The molecule has 7 heteroatoms. The summed E-state index contributed by atoms with van der Waals surface area (Å²) >= 11 is 0. The second-order valence-electron chi connectivity index (χ2n) is 1.49. The number of hydrogen-bond acceptors (Lipinski definition) is 3. The van der Waals surface area contributed by atoms with Crippen LogP contribution in [-0.4, -0.2) is 22.0 Å². The van der Waals surface area contributed by atoms with Gasteiger partial charge in [0.2, 0.25) is 0 Å². The molecule has 0 rings (SSSR count). The van der Waals surface area contributed by atoms with Crippen molar-refractivity contribution in [3.8, 4) is 0 Å². The van der Waals surface area contributed by atoms with E-state index >= 15 is 0 Å². The second kappa shape index (κ2) is 2.54. The van der Waals surface area contributed by atoms with Gasteiger partial charge < -0.3 is 5.11 Å². The minimum atomic E-state index is -4.36. The zero-order chi connectivity index (χ0) is 8.36. The third-order valence-corrected chi connectivity index (χ3v) is 0.631. The minimum absolute atomic E-state index is 1.78. The monoisotopic (exact) mass is 155 g/mol. The molecule has 0 aromatic rings. The third-order valence-electron chi connectivity index (χ3n) is 0.631. The van der Waals surface area contributed by atoms with Gasteiger partial charge in [-0.1, -0.05) is 0 Å². The van der Waals surface area contributed by atoms with Crippen LogP contribution in [0.15, 0.2) is 0 Å². The van der Waals surface area contributed by atoms with Crippen LogP contribution in [-0.2, 0) is 4.79 Å². The van der Waals surface area contributed by atoms with Crippen molar-refractivity contribution >= 4 is 5.97 Å². The van der Waals surface area contributed by atoms with Crippen molar-refractivity contribution in [2.45, 2.75) is 12.5 Å². The molecule has 0 atom stereocenters. The topological polar surface area (TPSA) is 80.4 Å². The Morgan fingerprint density at radius 1 is 1.70 bits per heavy atom. The number of rotatable bonds is 3. The fourth-order valence-corrected chi connectivity index (χ4v) is 0.246. The quantitative estimate of drug-likeness (QED) is 0.361. The van der Waals surface area contributed by atoms with Crippen LogP contribution in [0.5, 0.6) is 0 Å². The van der Waals surface area contributed by atoms with E-state index in [1.165, 1.54) is 0 Å². The standard InChI is InChI=1S/C3H3F2NO4/c4-3(5,6(9)10)1-2(7)8/h1H2,(H,7,8). The average Bonchev–Trinajstić information content (AvgIpc) is 1.60. The molecule has 0 aliphatic rings. The molecule has 10 heavy (non-hydrogen) atoms. The smallest absolute Gasteiger partial charge is 0.481 e. The van der Waals surface area contributed by atoms with Crippen LogP contribution in [0.2, 0.25) is 0 Å². The number of nitrogens with zero attached hydrogens (tertiary/aromatic N) is 1. The molecule has 0 aromatic heterocycles. The summed E-state index contributed by atoms with van der Waals surface area (Å²) in [7, 11) is 0. The Labute approximate surface area is 53.4 Å². The van der Waals surface area contributed by atoms with Crippen LogP contribution in [0.25, 0.3) is 0 Å². The maximum Gasteiger partial charge on any atom is 0.521 e. The Morgan fingerprint density at radius 2 is 2.10 bits per heavy atom. The number of carbonyl (C=O) groups is 1. The van der Waals surface area contributed by atoms with Gasteiger partial charge in [0.1, 0.15) is 0 Å². The molecule has 0 amide bonds. The molecule has 5 nitrogen and oxygen atoms in total. The first-order chi connectivity index (χ1) is 4.36. The van der Waals surface area contributed by atoms with Gasteiger partial charge in [-0.25, -0.2) is 0 Å². The Kier molecular flexibility index (Phi) is 2.22. The maximum absolute atomic E-state index is 11.7. The predicted octanol–water partition coefficient (Wildman–Crippen LogP) is 0.331. The largest absolute Gasteiger partial charge is 0.521 e. The third kappa shape index (κ3) is 2.33. The Hall–Kier alpha value is -1.27. The highest BCUT2D eigenvalue weighted by Crippen LogP contribution is 2.17. The summed E-state index contributed by atoms with van der Waals surface area (Å²) in [6.07, 6.45) is -1.78. The van der Waals surface area contributed by atoms with Crippen molar-refractivity contribution < 1.29 is 23.6 Å². The van der Waals surface area contributed by atoms with Gasteiger partial charge in [0.05, 0.1) is 4.92 Å². The average molecular weight is 155 g/mol. The number of carboxylic acid groups (broad SMARTS) is 1. The highest BCUT2D eigenvalue weighted by molar-refractivity contribution is 5.67. The van der Waals surface area contributed by atoms with Gasteiger partial charge in [-0.15, -0.1) is 8.78 Å². The highest BCUT2D eigenvalue weighted by Gasteiger charge is 2.46. The SMILES string of the molecule is O=C(O)CC(F)(F)[N+](=O)[O-]. The van der Waals surface area contributed by atoms with Crippen LogP contribution < -0.4 is 0 Å². The molecule has 0 aliphatic heterocycles. The first kappa shape index (κ1) is 8.73. The van der Waals surface area contributed by atoms with E-state index in [9.17, 15) is 23.7 Å². The first-order valence-corrected chi connectivity index (χ1v) is 2.10. The first-order valence-electron chi connectivity index (χ1n) is 2.10. The van der Waals surface area contributed by atoms with Gasteiger partial charge in [-0.3, -0.25) is 14.9 Å². The lowest BCUT2D eigenvalue weighted by molar-refractivity contribution is -0.642. The highest BCUT2D eigenvalue weighted by atomic mass is 19.3. The van der Waals surface area contributed by atoms with E-state index < -0.39 is 23.4 Å². The fourth-order valence-electron chi connectivity index (χ4n) is 0.246. The summed E-state index contributed by atoms with van der Waals surface area (Å²) < 4.78 is 23.4. The van der Waals surface area contributed by atoms with Crippen molar-refractivity contribution in [3.05, 3.63) is 10.1 Å². The summed E-state index contributed by atoms with van der Waals surface area (Å²) in [5.74, 6) is -1.90. The lowest BCUT2D eigenvalue weighted by Gasteiger charge is -2.01. The number of alkyl halides is 2. The summed E-state index contributed by atoms with van der Waals surface area (Å²) in [6, 6.07) is -4.36. The Balaban J connectivity index is 4.13. The number of aliphatic carboxylic acids is 1. The molecule has 1 N–H and O–H groups in total. The Morgan fingerprint density at radius 3 is 2.20 bits per heavy atom. The number of nitro groups is 1. The molecule has 0 saturated heterocycles. The second-order valence-corrected chi connectivity index (χ2v) is 1.49. The molecule has 0 aromatic carbocycles. The van der Waals surface area contributed by atoms with Crippen molar-refractivity contribution in [2.75, 3.05) is 0 Å². The number of halogens is 2. The number of carboxylic acids is 1. The van der Waals surface area contributed by atoms with Gasteiger partial charge >= 0.3 is 12.0 Å². The van der Waals surface area contributed by atoms with Crippen molar-refractivity contribution in [1.29, 1.82) is 0 Å². The molecule has 0 unspecified atom stereocenters. The zero-order valence-corrected chi connectivity index (χ0v) is 4.58. The van der Waals surface area contributed by atoms with Gasteiger partial charge in [-0.2, -0.15) is 0 Å². The van der Waals surface area contributed by atoms with E-state index in [1.807, 2.05) is 0 Å². The molecule has 0 heterocycles. The van der Waals surface area contributed by atoms with Crippen LogP contribution >= 0.6 is 0 Å². The fraction of sp³-hybridized carbons (Fsp3) is 0.667. The van der Waals surface area contributed by atoms with Gasteiger partial charge in [0, 0.05) is 0 Å². The molecular formula is C3H3F2NO4. The van der Waals surface area contributed by atoms with E-state index in [0.717, 1.165) is 0 Å². The van der Waals surface area contributed by atoms with Crippen molar-refractivity contribution in [3.63, 3.8) is 0 Å². The van der Waals surface area contributed by atoms with Crippen LogP contribution in [0.3, 0.4) is 0 Å². The lowest BCUT2D eigenvalue weighted by Crippen LogP contribution is -2.30. The molecule has 0 radical (unpaired) electrons. The van der Waals surface area contributed by atoms with Crippen LogP contribution in [0.1, 0.15) is 6.42 Å². The van der Waals surface area contributed by atoms with Crippen LogP contribution in [0.4, 0.5) is 8.78 Å². The van der Waals surface area contributed by atoms with Gasteiger partial charge in [0.15, 0.2) is 6.42 Å². The van der Waals surface area contributed by atoms with E-state index in [0.29, 0.717) is 0 Å². The van der Waals surface area contributed by atoms with Gasteiger partial charge in [0.25, 0.3) is 0 Å². The number of hydrogen-bond donors (Lipinski definition) is 1. The minimum Gasteiger partial charge on any atom is -0.481 e. The molecule has 0 saturated carbocycles. The van der Waals surface area contributed by atoms with E-state index in [2.05, 4.69) is 0 Å². The van der Waals surface area contributed by atoms with E-state index in [1.54, 1.807) is 0 Å². The molecule has 0 spiro atoms. The van der Waals surface area contributed by atoms with Crippen molar-refractivity contribution in [2.24, 2.45) is 0 Å². The molecule has 0 aliphatic carbocycles. The maximum atomic E-state index is 11.7. The molecule has 58 valence electrons. The summed E-state index contributed by atoms with van der Waals surface area (Å²) in [5, 5.41) is 17.1. The van der Waals surface area contributed by atoms with Crippen molar-refractivity contribution in [1.82, 2.24) is 0 Å². The normalized spacial score (nSPS) is 11.0.